The number of hydrogen-bond donors (Lipinski definition) is 1. The molecule has 0 aliphatic carbocycles. The number of halogens is 2. The van der Waals surface area contributed by atoms with Crippen LogP contribution in [-0.2, 0) is 0 Å². The van der Waals surface area contributed by atoms with Gasteiger partial charge in [-0.25, -0.2) is 0 Å². The number of nitrogens with two attached hydrogens (primary N) is 1. The van der Waals surface area contributed by atoms with Crippen LogP contribution in [0.4, 0.5) is 0 Å². The van der Waals surface area contributed by atoms with Gasteiger partial charge in [-0.2, -0.15) is 0 Å². The van der Waals surface area contributed by atoms with Crippen molar-refractivity contribution in [1.29, 1.82) is 0 Å². The van der Waals surface area contributed by atoms with Gasteiger partial charge in [0.05, 0.1) is 10.5 Å². The standard InChI is InChI=1S/C10H6Cl2N2S/c11-6-1-5-2-7(12)4-14-9(5)8(3-6)10(13)15/h1-4H,(H2,13,15). The minimum Gasteiger partial charge on any atom is -0.389 e. The monoisotopic (exact) mass is 256 g/mol. The zero-order valence-electron chi connectivity index (χ0n) is 7.50. The summed E-state index contributed by atoms with van der Waals surface area (Å²) in [4.78, 5) is 4.46. The minimum absolute atomic E-state index is 0.275. The molecule has 15 heavy (non-hydrogen) atoms. The van der Waals surface area contributed by atoms with Gasteiger partial charge in [0, 0.05) is 22.2 Å². The third-order valence-corrected chi connectivity index (χ3v) is 2.62. The molecule has 2 rings (SSSR count). The van der Waals surface area contributed by atoms with Crippen LogP contribution in [0.15, 0.2) is 24.4 Å². The van der Waals surface area contributed by atoms with Crippen LogP contribution in [0.25, 0.3) is 10.9 Å². The fraction of sp³-hybridized carbons (Fsp3) is 0. The molecule has 0 aliphatic rings. The van der Waals surface area contributed by atoms with Crippen molar-refractivity contribution in [1.82, 2.24) is 4.98 Å². The Kier molecular flexibility index (Phi) is 2.78. The van der Waals surface area contributed by atoms with Crippen LogP contribution in [0, 0.1) is 0 Å². The number of benzene rings is 1. The van der Waals surface area contributed by atoms with Gasteiger partial charge in [-0.3, -0.25) is 4.98 Å². The fourth-order valence-corrected chi connectivity index (χ4v) is 1.92. The summed E-state index contributed by atoms with van der Waals surface area (Å²) in [5.41, 5.74) is 6.98. The molecule has 76 valence electrons. The van der Waals surface area contributed by atoms with E-state index in [9.17, 15) is 0 Å². The first-order chi connectivity index (χ1) is 7.08. The summed E-state index contributed by atoms with van der Waals surface area (Å²) in [5, 5.41) is 1.95. The Labute approximate surface area is 102 Å². The van der Waals surface area contributed by atoms with E-state index in [0.717, 1.165) is 10.9 Å². The molecular weight excluding hydrogens is 251 g/mol. The average Bonchev–Trinajstić information content (AvgIpc) is 2.15. The molecule has 0 amide bonds. The molecular formula is C10H6Cl2N2S. The van der Waals surface area contributed by atoms with Crippen molar-refractivity contribution in [3.05, 3.63) is 40.0 Å². The summed E-state index contributed by atoms with van der Waals surface area (Å²) in [6.07, 6.45) is 1.56. The van der Waals surface area contributed by atoms with Crippen LogP contribution < -0.4 is 5.73 Å². The molecule has 0 saturated heterocycles. The number of aromatic nitrogens is 1. The van der Waals surface area contributed by atoms with Gasteiger partial charge >= 0.3 is 0 Å². The molecule has 0 spiro atoms. The molecule has 0 radical (unpaired) electrons. The van der Waals surface area contributed by atoms with Gasteiger partial charge in [-0.05, 0) is 18.2 Å². The summed E-state index contributed by atoms with van der Waals surface area (Å²) >= 11 is 16.7. The maximum Gasteiger partial charge on any atom is 0.106 e. The summed E-state index contributed by atoms with van der Waals surface area (Å²) in [6.45, 7) is 0. The second kappa shape index (κ2) is 3.93. The molecule has 0 aliphatic heterocycles. The van der Waals surface area contributed by atoms with Gasteiger partial charge in [-0.1, -0.05) is 35.4 Å². The van der Waals surface area contributed by atoms with Crippen molar-refractivity contribution >= 4 is 51.3 Å². The number of rotatable bonds is 1. The van der Waals surface area contributed by atoms with Crippen LogP contribution >= 0.6 is 35.4 Å². The largest absolute Gasteiger partial charge is 0.389 e. The lowest BCUT2D eigenvalue weighted by Gasteiger charge is -2.05. The molecule has 1 aromatic carbocycles. The number of thiocarbonyl (C=S) groups is 1. The second-order valence-electron chi connectivity index (χ2n) is 3.04. The molecule has 5 heteroatoms. The summed E-state index contributed by atoms with van der Waals surface area (Å²) in [5.74, 6) is 0. The number of pyridine rings is 1. The quantitative estimate of drug-likeness (QED) is 0.797. The van der Waals surface area contributed by atoms with E-state index in [-0.39, 0.29) is 4.99 Å². The van der Waals surface area contributed by atoms with Crippen LogP contribution in [-0.4, -0.2) is 9.97 Å². The minimum atomic E-state index is 0.275. The molecule has 1 heterocycles. The fourth-order valence-electron chi connectivity index (χ4n) is 1.37. The topological polar surface area (TPSA) is 38.9 Å². The third kappa shape index (κ3) is 2.04. The van der Waals surface area contributed by atoms with Crippen molar-refractivity contribution in [2.75, 3.05) is 0 Å². The molecule has 0 fully saturated rings. The van der Waals surface area contributed by atoms with Gasteiger partial charge in [-0.15, -0.1) is 0 Å². The number of fused-ring (bicyclic) bond motifs is 1. The molecule has 0 unspecified atom stereocenters. The van der Waals surface area contributed by atoms with Gasteiger partial charge in [0.25, 0.3) is 0 Å². The van der Waals surface area contributed by atoms with Gasteiger partial charge in [0.1, 0.15) is 4.99 Å². The van der Waals surface area contributed by atoms with E-state index >= 15 is 0 Å². The van der Waals surface area contributed by atoms with Crippen molar-refractivity contribution in [3.63, 3.8) is 0 Å². The second-order valence-corrected chi connectivity index (χ2v) is 4.36. The van der Waals surface area contributed by atoms with Gasteiger partial charge in [0.2, 0.25) is 0 Å². The Hall–Kier alpha value is -0.900. The van der Waals surface area contributed by atoms with E-state index in [1.807, 2.05) is 0 Å². The van der Waals surface area contributed by atoms with E-state index in [1.54, 1.807) is 24.4 Å². The first kappa shape index (κ1) is 10.6. The van der Waals surface area contributed by atoms with Crippen LogP contribution in [0.2, 0.25) is 10.0 Å². The molecule has 2 aromatic rings. The lowest BCUT2D eigenvalue weighted by Crippen LogP contribution is -2.10. The Morgan fingerprint density at radius 2 is 1.87 bits per heavy atom. The highest BCUT2D eigenvalue weighted by molar-refractivity contribution is 7.80. The molecule has 2 N–H and O–H groups in total. The lowest BCUT2D eigenvalue weighted by atomic mass is 10.1. The van der Waals surface area contributed by atoms with Crippen LogP contribution in [0.3, 0.4) is 0 Å². The van der Waals surface area contributed by atoms with Gasteiger partial charge in [0.15, 0.2) is 0 Å². The average molecular weight is 257 g/mol. The van der Waals surface area contributed by atoms with Crippen molar-refractivity contribution in [2.45, 2.75) is 0 Å². The highest BCUT2D eigenvalue weighted by Crippen LogP contribution is 2.24. The Balaban J connectivity index is 2.86. The number of hydrogen-bond acceptors (Lipinski definition) is 2. The Morgan fingerprint density at radius 1 is 1.20 bits per heavy atom. The molecule has 1 aromatic heterocycles. The number of nitrogens with zero attached hydrogens (tertiary/aromatic N) is 1. The maximum absolute atomic E-state index is 5.93. The van der Waals surface area contributed by atoms with Crippen LogP contribution in [0.5, 0.6) is 0 Å². The van der Waals surface area contributed by atoms with E-state index in [0.29, 0.717) is 15.6 Å². The SMILES string of the molecule is NC(=S)c1cc(Cl)cc2cc(Cl)cnc12. The van der Waals surface area contributed by atoms with Crippen molar-refractivity contribution in [2.24, 2.45) is 5.73 Å². The molecule has 2 nitrogen and oxygen atoms in total. The predicted octanol–water partition coefficient (Wildman–Crippen LogP) is 3.18. The van der Waals surface area contributed by atoms with E-state index in [2.05, 4.69) is 4.98 Å². The van der Waals surface area contributed by atoms with E-state index in [1.165, 1.54) is 0 Å². The summed E-state index contributed by atoms with van der Waals surface area (Å²) in [7, 11) is 0. The van der Waals surface area contributed by atoms with E-state index in [4.69, 9.17) is 41.2 Å². The summed E-state index contributed by atoms with van der Waals surface area (Å²) < 4.78 is 0. The molecule has 0 saturated carbocycles. The lowest BCUT2D eigenvalue weighted by molar-refractivity contribution is 1.40. The predicted molar refractivity (Wildman–Crippen MR) is 67.7 cm³/mol. The molecule has 0 atom stereocenters. The van der Waals surface area contributed by atoms with E-state index < -0.39 is 0 Å². The Morgan fingerprint density at radius 3 is 2.53 bits per heavy atom. The first-order valence-electron chi connectivity index (χ1n) is 4.12. The van der Waals surface area contributed by atoms with Crippen molar-refractivity contribution in [3.8, 4) is 0 Å². The zero-order valence-corrected chi connectivity index (χ0v) is 9.83. The van der Waals surface area contributed by atoms with Crippen molar-refractivity contribution < 1.29 is 0 Å². The third-order valence-electron chi connectivity index (χ3n) is 1.98. The maximum atomic E-state index is 5.93. The van der Waals surface area contributed by atoms with Gasteiger partial charge < -0.3 is 5.73 Å². The highest BCUT2D eigenvalue weighted by Gasteiger charge is 2.07. The normalized spacial score (nSPS) is 10.5. The smallest absolute Gasteiger partial charge is 0.106 e. The summed E-state index contributed by atoms with van der Waals surface area (Å²) in [6, 6.07) is 5.25. The zero-order chi connectivity index (χ0) is 11.0. The Bertz CT molecular complexity index is 549. The highest BCUT2D eigenvalue weighted by atomic mass is 35.5. The van der Waals surface area contributed by atoms with Crippen LogP contribution in [0.1, 0.15) is 5.56 Å². The first-order valence-corrected chi connectivity index (χ1v) is 5.29. The molecule has 0 bridgehead atoms.